The summed E-state index contributed by atoms with van der Waals surface area (Å²) in [7, 11) is 0. The first kappa shape index (κ1) is 16.2. The van der Waals surface area contributed by atoms with Gasteiger partial charge in [-0.25, -0.2) is 4.79 Å². The molecule has 1 saturated carbocycles. The number of nitrogens with zero attached hydrogens (tertiary/aromatic N) is 1. The molecule has 0 bridgehead atoms. The van der Waals surface area contributed by atoms with E-state index in [1.165, 1.54) is 23.5 Å². The molecule has 0 saturated heterocycles. The van der Waals surface area contributed by atoms with Crippen molar-refractivity contribution < 1.29 is 20.1 Å². The number of aromatic hydroxyl groups is 2. The molecular weight excluding hydrogens is 306 g/mol. The van der Waals surface area contributed by atoms with Crippen LogP contribution >= 0.6 is 0 Å². The van der Waals surface area contributed by atoms with E-state index in [0.29, 0.717) is 11.3 Å². The van der Waals surface area contributed by atoms with Gasteiger partial charge in [0.15, 0.2) is 0 Å². The Balaban J connectivity index is 1.88. The van der Waals surface area contributed by atoms with E-state index in [1.54, 1.807) is 30.3 Å². The molecule has 0 atom stereocenters. The standard InChI is InChI=1S/C19H21NO4/c21-16-10-11-17(18(22)12-16)13-6-8-15(9-7-13)20(19(23)24)14-4-2-1-3-5-14/h6-12,14,21-22H,1-5H2,(H,23,24). The maximum absolute atomic E-state index is 11.7. The van der Waals surface area contributed by atoms with Crippen LogP contribution in [0.3, 0.4) is 0 Å². The van der Waals surface area contributed by atoms with E-state index in [2.05, 4.69) is 0 Å². The van der Waals surface area contributed by atoms with Crippen LogP contribution in [0, 0.1) is 0 Å². The minimum absolute atomic E-state index is 0.00206. The highest BCUT2D eigenvalue weighted by Gasteiger charge is 2.26. The van der Waals surface area contributed by atoms with Crippen molar-refractivity contribution in [2.45, 2.75) is 38.1 Å². The molecule has 1 aliphatic carbocycles. The predicted molar refractivity (Wildman–Crippen MR) is 92.6 cm³/mol. The van der Waals surface area contributed by atoms with Gasteiger partial charge in [0, 0.05) is 23.4 Å². The lowest BCUT2D eigenvalue weighted by molar-refractivity contribution is 0.196. The molecule has 0 aromatic heterocycles. The highest BCUT2D eigenvalue weighted by molar-refractivity contribution is 5.87. The zero-order chi connectivity index (χ0) is 17.1. The Hall–Kier alpha value is -2.69. The number of carbonyl (C=O) groups is 1. The van der Waals surface area contributed by atoms with Crippen molar-refractivity contribution in [3.63, 3.8) is 0 Å². The Labute approximate surface area is 140 Å². The molecule has 3 N–H and O–H groups in total. The summed E-state index contributed by atoms with van der Waals surface area (Å²) >= 11 is 0. The maximum atomic E-state index is 11.7. The third-order valence-electron chi connectivity index (χ3n) is 4.58. The number of benzene rings is 2. The smallest absolute Gasteiger partial charge is 0.412 e. The third-order valence-corrected chi connectivity index (χ3v) is 4.58. The molecule has 1 amide bonds. The maximum Gasteiger partial charge on any atom is 0.412 e. The van der Waals surface area contributed by atoms with Gasteiger partial charge in [0.05, 0.1) is 0 Å². The second-order valence-corrected chi connectivity index (χ2v) is 6.19. The summed E-state index contributed by atoms with van der Waals surface area (Å²) < 4.78 is 0. The number of rotatable bonds is 3. The molecule has 0 unspecified atom stereocenters. The molecule has 1 fully saturated rings. The van der Waals surface area contributed by atoms with E-state index >= 15 is 0 Å². The van der Waals surface area contributed by atoms with Crippen molar-refractivity contribution in [3.05, 3.63) is 42.5 Å². The Bertz CT molecular complexity index is 721. The van der Waals surface area contributed by atoms with E-state index in [0.717, 1.165) is 31.2 Å². The van der Waals surface area contributed by atoms with Crippen LogP contribution in [0.15, 0.2) is 42.5 Å². The molecule has 126 valence electrons. The minimum atomic E-state index is -0.929. The highest BCUT2D eigenvalue weighted by atomic mass is 16.4. The fourth-order valence-corrected chi connectivity index (χ4v) is 3.38. The summed E-state index contributed by atoms with van der Waals surface area (Å²) in [6.45, 7) is 0. The Morgan fingerprint density at radius 1 is 0.958 bits per heavy atom. The number of phenolic OH excluding ortho intramolecular Hbond substituents is 2. The van der Waals surface area contributed by atoms with Crippen LogP contribution in [0.5, 0.6) is 11.5 Å². The summed E-state index contributed by atoms with van der Waals surface area (Å²) in [5.74, 6) is -0.00709. The Kier molecular flexibility index (Phi) is 4.60. The Morgan fingerprint density at radius 2 is 1.62 bits per heavy atom. The molecule has 3 rings (SSSR count). The van der Waals surface area contributed by atoms with Gasteiger partial charge in [-0.1, -0.05) is 31.4 Å². The van der Waals surface area contributed by atoms with Gasteiger partial charge in [-0.05, 0) is 42.7 Å². The van der Waals surface area contributed by atoms with Gasteiger partial charge in [0.1, 0.15) is 11.5 Å². The summed E-state index contributed by atoms with van der Waals surface area (Å²) in [5.41, 5.74) is 2.01. The topological polar surface area (TPSA) is 81.0 Å². The van der Waals surface area contributed by atoms with Crippen LogP contribution in [0.25, 0.3) is 11.1 Å². The number of anilines is 1. The van der Waals surface area contributed by atoms with Crippen LogP contribution in [-0.2, 0) is 0 Å². The summed E-state index contributed by atoms with van der Waals surface area (Å²) in [6.07, 6.45) is 4.16. The molecule has 0 aliphatic heterocycles. The van der Waals surface area contributed by atoms with Crippen molar-refractivity contribution in [2.75, 3.05) is 4.90 Å². The van der Waals surface area contributed by atoms with E-state index in [-0.39, 0.29) is 17.5 Å². The van der Waals surface area contributed by atoms with E-state index < -0.39 is 6.09 Å². The zero-order valence-electron chi connectivity index (χ0n) is 13.4. The first-order valence-electron chi connectivity index (χ1n) is 8.21. The first-order chi connectivity index (χ1) is 11.6. The Morgan fingerprint density at radius 3 is 2.21 bits per heavy atom. The van der Waals surface area contributed by atoms with E-state index in [1.807, 2.05) is 0 Å². The van der Waals surface area contributed by atoms with E-state index in [9.17, 15) is 20.1 Å². The molecule has 5 heteroatoms. The lowest BCUT2D eigenvalue weighted by Gasteiger charge is -2.32. The molecule has 5 nitrogen and oxygen atoms in total. The number of carboxylic acid groups (broad SMARTS) is 1. The van der Waals surface area contributed by atoms with Crippen LogP contribution in [0.1, 0.15) is 32.1 Å². The lowest BCUT2D eigenvalue weighted by atomic mass is 9.94. The predicted octanol–water partition coefficient (Wildman–Crippen LogP) is 4.58. The van der Waals surface area contributed by atoms with Crippen molar-refractivity contribution in [1.29, 1.82) is 0 Å². The molecule has 2 aromatic carbocycles. The van der Waals surface area contributed by atoms with Crippen LogP contribution in [0.2, 0.25) is 0 Å². The average molecular weight is 327 g/mol. The van der Waals surface area contributed by atoms with Crippen molar-refractivity contribution in [1.82, 2.24) is 0 Å². The molecule has 1 aliphatic rings. The van der Waals surface area contributed by atoms with Gasteiger partial charge in [-0.2, -0.15) is 0 Å². The van der Waals surface area contributed by atoms with Crippen molar-refractivity contribution in [3.8, 4) is 22.6 Å². The molecule has 2 aromatic rings. The van der Waals surface area contributed by atoms with Crippen LogP contribution in [0.4, 0.5) is 10.5 Å². The average Bonchev–Trinajstić information content (AvgIpc) is 2.57. The third kappa shape index (κ3) is 3.30. The molecule has 0 radical (unpaired) electrons. The van der Waals surface area contributed by atoms with Crippen molar-refractivity contribution >= 4 is 11.8 Å². The fraction of sp³-hybridized carbons (Fsp3) is 0.316. The zero-order valence-corrected chi connectivity index (χ0v) is 13.4. The number of hydrogen-bond donors (Lipinski definition) is 3. The van der Waals surface area contributed by atoms with E-state index in [4.69, 9.17) is 0 Å². The summed E-state index contributed by atoms with van der Waals surface area (Å²) in [5, 5.41) is 28.9. The SMILES string of the molecule is O=C(O)N(c1ccc(-c2ccc(O)cc2O)cc1)C1CCCCC1. The van der Waals surface area contributed by atoms with Gasteiger partial charge in [0.2, 0.25) is 0 Å². The lowest BCUT2D eigenvalue weighted by Crippen LogP contribution is -2.40. The van der Waals surface area contributed by atoms with Gasteiger partial charge in [-0.3, -0.25) is 4.90 Å². The number of amides is 1. The normalized spacial score (nSPS) is 15.2. The molecule has 0 heterocycles. The highest BCUT2D eigenvalue weighted by Crippen LogP contribution is 2.34. The minimum Gasteiger partial charge on any atom is -0.508 e. The summed E-state index contributed by atoms with van der Waals surface area (Å²) in [4.78, 5) is 13.2. The number of phenols is 2. The number of hydrogen-bond acceptors (Lipinski definition) is 3. The molecular formula is C19H21NO4. The van der Waals surface area contributed by atoms with Gasteiger partial charge in [-0.15, -0.1) is 0 Å². The summed E-state index contributed by atoms with van der Waals surface area (Å²) in [6, 6.07) is 11.6. The van der Waals surface area contributed by atoms with Gasteiger partial charge in [0.25, 0.3) is 0 Å². The van der Waals surface area contributed by atoms with Crippen LogP contribution in [-0.4, -0.2) is 27.5 Å². The quantitative estimate of drug-likeness (QED) is 0.770. The second kappa shape index (κ2) is 6.83. The monoisotopic (exact) mass is 327 g/mol. The van der Waals surface area contributed by atoms with Gasteiger partial charge < -0.3 is 15.3 Å². The second-order valence-electron chi connectivity index (χ2n) is 6.19. The van der Waals surface area contributed by atoms with Gasteiger partial charge >= 0.3 is 6.09 Å². The largest absolute Gasteiger partial charge is 0.508 e. The first-order valence-corrected chi connectivity index (χ1v) is 8.21. The van der Waals surface area contributed by atoms with Crippen molar-refractivity contribution in [2.24, 2.45) is 0 Å². The fourth-order valence-electron chi connectivity index (χ4n) is 3.38. The van der Waals surface area contributed by atoms with Crippen LogP contribution < -0.4 is 4.90 Å². The molecule has 24 heavy (non-hydrogen) atoms. The molecule has 0 spiro atoms.